The van der Waals surface area contributed by atoms with Gasteiger partial charge in [0.15, 0.2) is 0 Å². The summed E-state index contributed by atoms with van der Waals surface area (Å²) in [6, 6.07) is 7.53. The first-order chi connectivity index (χ1) is 17.6. The number of alkyl halides is 5. The Hall–Kier alpha value is -2.97. The van der Waals surface area contributed by atoms with Crippen LogP contribution in [-0.4, -0.2) is 24.7 Å². The Labute approximate surface area is 218 Å². The van der Waals surface area contributed by atoms with E-state index in [0.29, 0.717) is 36.7 Å². The molecule has 0 amide bonds. The standard InChI is InChI=1S/C27H28F5N3O2S/c1-26(2,3)15-35-14-20(24(25(28)29)34-38(36,37)18-7-5-8-18)19-11-10-16(12-22(19)35)23-17(13-33)6-4-9-21(23)27(30,31)32/h4,6,9-12,14,18,24-25,34H,5,7-8,15H2,1-3H3/t24-/m0/s1. The average molecular weight is 554 g/mol. The molecule has 0 saturated heterocycles. The summed E-state index contributed by atoms with van der Waals surface area (Å²) >= 11 is 0. The van der Waals surface area contributed by atoms with Gasteiger partial charge in [-0.2, -0.15) is 18.4 Å². The zero-order valence-corrected chi connectivity index (χ0v) is 21.9. The van der Waals surface area contributed by atoms with Gasteiger partial charge in [0, 0.05) is 34.8 Å². The van der Waals surface area contributed by atoms with Crippen LogP contribution in [0.5, 0.6) is 0 Å². The maximum absolute atomic E-state index is 14.3. The minimum Gasteiger partial charge on any atom is -0.347 e. The minimum atomic E-state index is -4.73. The van der Waals surface area contributed by atoms with Crippen LogP contribution < -0.4 is 4.72 Å². The van der Waals surface area contributed by atoms with Crippen molar-refractivity contribution in [3.05, 3.63) is 59.3 Å². The summed E-state index contributed by atoms with van der Waals surface area (Å²) in [7, 11) is -3.99. The molecule has 0 radical (unpaired) electrons. The number of nitrogens with one attached hydrogen (secondary N) is 1. The van der Waals surface area contributed by atoms with Crippen LogP contribution in [0.3, 0.4) is 0 Å². The molecule has 38 heavy (non-hydrogen) atoms. The molecule has 204 valence electrons. The monoisotopic (exact) mass is 553 g/mol. The van der Waals surface area contributed by atoms with Gasteiger partial charge in [0.25, 0.3) is 6.43 Å². The summed E-state index contributed by atoms with van der Waals surface area (Å²) in [5.41, 5.74) is -1.29. The fourth-order valence-corrected chi connectivity index (χ4v) is 6.49. The van der Waals surface area contributed by atoms with Crippen molar-refractivity contribution in [1.29, 1.82) is 5.26 Å². The third-order valence-corrected chi connectivity index (χ3v) is 8.64. The number of hydrogen-bond donors (Lipinski definition) is 1. The molecule has 0 unspecified atom stereocenters. The average Bonchev–Trinajstić information content (AvgIpc) is 3.10. The highest BCUT2D eigenvalue weighted by molar-refractivity contribution is 7.90. The van der Waals surface area contributed by atoms with Crippen LogP contribution >= 0.6 is 0 Å². The number of rotatable bonds is 7. The molecule has 1 aromatic heterocycles. The second kappa shape index (κ2) is 9.97. The molecule has 1 saturated carbocycles. The summed E-state index contributed by atoms with van der Waals surface area (Å²) in [6.45, 7) is 6.07. The smallest absolute Gasteiger partial charge is 0.347 e. The van der Waals surface area contributed by atoms with Gasteiger partial charge in [-0.15, -0.1) is 0 Å². The van der Waals surface area contributed by atoms with Gasteiger partial charge in [-0.1, -0.05) is 45.4 Å². The van der Waals surface area contributed by atoms with E-state index in [1.807, 2.05) is 26.8 Å². The lowest BCUT2D eigenvalue weighted by molar-refractivity contribution is -0.137. The number of fused-ring (bicyclic) bond motifs is 1. The van der Waals surface area contributed by atoms with Crippen molar-refractivity contribution >= 4 is 20.9 Å². The zero-order chi connectivity index (χ0) is 28.0. The van der Waals surface area contributed by atoms with Crippen molar-refractivity contribution in [1.82, 2.24) is 9.29 Å². The predicted molar refractivity (Wildman–Crippen MR) is 135 cm³/mol. The number of nitrogens with zero attached hydrogens (tertiary/aromatic N) is 2. The minimum absolute atomic E-state index is 0.0401. The van der Waals surface area contributed by atoms with E-state index in [2.05, 4.69) is 4.72 Å². The quantitative estimate of drug-likeness (QED) is 0.320. The summed E-state index contributed by atoms with van der Waals surface area (Å²) < 4.78 is 99.5. The van der Waals surface area contributed by atoms with Gasteiger partial charge in [0.2, 0.25) is 10.0 Å². The Morgan fingerprint density at radius 3 is 2.34 bits per heavy atom. The van der Waals surface area contributed by atoms with Crippen LogP contribution in [0, 0.1) is 16.7 Å². The third-order valence-electron chi connectivity index (χ3n) is 6.71. The maximum atomic E-state index is 14.3. The molecule has 2 aromatic carbocycles. The van der Waals surface area contributed by atoms with E-state index >= 15 is 0 Å². The fraction of sp³-hybridized carbons (Fsp3) is 0.444. The highest BCUT2D eigenvalue weighted by Gasteiger charge is 2.38. The van der Waals surface area contributed by atoms with Crippen molar-refractivity contribution in [2.24, 2.45) is 5.41 Å². The molecular weight excluding hydrogens is 525 g/mol. The molecule has 1 fully saturated rings. The van der Waals surface area contributed by atoms with Crippen molar-refractivity contribution < 1.29 is 30.4 Å². The number of halogens is 5. The molecule has 1 N–H and O–H groups in total. The lowest BCUT2D eigenvalue weighted by atomic mass is 9.93. The zero-order valence-electron chi connectivity index (χ0n) is 21.1. The molecule has 0 bridgehead atoms. The first-order valence-electron chi connectivity index (χ1n) is 12.1. The molecule has 1 aliphatic carbocycles. The number of nitriles is 1. The molecular formula is C27H28F5N3O2S. The molecule has 0 aliphatic heterocycles. The van der Waals surface area contributed by atoms with Crippen molar-refractivity contribution in [3.8, 4) is 17.2 Å². The lowest BCUT2D eigenvalue weighted by Gasteiger charge is -2.28. The molecule has 0 spiro atoms. The summed E-state index contributed by atoms with van der Waals surface area (Å²) in [5, 5.41) is 9.11. The Kier molecular flexibility index (Phi) is 7.36. The Morgan fingerprint density at radius 2 is 1.82 bits per heavy atom. The van der Waals surface area contributed by atoms with E-state index in [1.165, 1.54) is 30.5 Å². The van der Waals surface area contributed by atoms with Gasteiger partial charge in [0.1, 0.15) is 6.04 Å². The van der Waals surface area contributed by atoms with Gasteiger partial charge >= 0.3 is 6.18 Å². The number of sulfonamides is 1. The highest BCUT2D eigenvalue weighted by Crippen LogP contribution is 2.41. The maximum Gasteiger partial charge on any atom is 0.417 e. The molecule has 5 nitrogen and oxygen atoms in total. The molecule has 1 atom stereocenters. The Bertz CT molecular complexity index is 1490. The van der Waals surface area contributed by atoms with E-state index in [9.17, 15) is 35.6 Å². The normalized spacial score (nSPS) is 16.0. The van der Waals surface area contributed by atoms with Gasteiger partial charge in [-0.05, 0) is 42.0 Å². The Morgan fingerprint density at radius 1 is 1.13 bits per heavy atom. The summed E-state index contributed by atoms with van der Waals surface area (Å²) in [6.07, 6.45) is -4.82. The van der Waals surface area contributed by atoms with E-state index in [-0.39, 0.29) is 27.7 Å². The second-order valence-electron chi connectivity index (χ2n) is 10.9. The van der Waals surface area contributed by atoms with E-state index in [1.54, 1.807) is 4.57 Å². The van der Waals surface area contributed by atoms with Gasteiger partial charge in [-0.3, -0.25) is 0 Å². The third kappa shape index (κ3) is 5.57. The number of benzene rings is 2. The first kappa shape index (κ1) is 28.0. The SMILES string of the molecule is CC(C)(C)Cn1cc([C@H](NS(=O)(=O)C2CCC2)C(F)F)c2ccc(-c3c(C#N)cccc3C(F)(F)F)cc21. The van der Waals surface area contributed by atoms with Gasteiger partial charge in [0.05, 0.1) is 22.4 Å². The number of hydrogen-bond acceptors (Lipinski definition) is 3. The van der Waals surface area contributed by atoms with Crippen LogP contribution in [0.4, 0.5) is 22.0 Å². The van der Waals surface area contributed by atoms with Crippen LogP contribution in [0.1, 0.15) is 62.8 Å². The highest BCUT2D eigenvalue weighted by atomic mass is 32.2. The molecule has 4 rings (SSSR count). The second-order valence-corrected chi connectivity index (χ2v) is 12.9. The van der Waals surface area contributed by atoms with Crippen molar-refractivity contribution in [3.63, 3.8) is 0 Å². The van der Waals surface area contributed by atoms with Crippen LogP contribution in [0.2, 0.25) is 0 Å². The van der Waals surface area contributed by atoms with Crippen molar-refractivity contribution in [2.45, 2.75) is 70.5 Å². The van der Waals surface area contributed by atoms with Gasteiger partial charge < -0.3 is 4.57 Å². The lowest BCUT2D eigenvalue weighted by Crippen LogP contribution is -2.42. The Balaban J connectivity index is 1.92. The molecule has 3 aromatic rings. The van der Waals surface area contributed by atoms with Crippen LogP contribution in [0.25, 0.3) is 22.0 Å². The number of aromatic nitrogens is 1. The van der Waals surface area contributed by atoms with Crippen LogP contribution in [-0.2, 0) is 22.7 Å². The molecule has 1 aliphatic rings. The molecule has 1 heterocycles. The first-order valence-corrected chi connectivity index (χ1v) is 13.7. The largest absolute Gasteiger partial charge is 0.417 e. The summed E-state index contributed by atoms with van der Waals surface area (Å²) in [5.74, 6) is 0. The van der Waals surface area contributed by atoms with Crippen molar-refractivity contribution in [2.75, 3.05) is 0 Å². The predicted octanol–water partition coefficient (Wildman–Crippen LogP) is 7.02. The molecule has 11 heteroatoms. The van der Waals surface area contributed by atoms with E-state index in [0.717, 1.165) is 12.1 Å². The van der Waals surface area contributed by atoms with Gasteiger partial charge in [-0.25, -0.2) is 21.9 Å². The van der Waals surface area contributed by atoms with Crippen LogP contribution in [0.15, 0.2) is 42.6 Å². The topological polar surface area (TPSA) is 74.9 Å². The van der Waals surface area contributed by atoms with E-state index in [4.69, 9.17) is 0 Å². The van der Waals surface area contributed by atoms with E-state index < -0.39 is 39.5 Å². The summed E-state index contributed by atoms with van der Waals surface area (Å²) in [4.78, 5) is 0. The fourth-order valence-electron chi connectivity index (χ4n) is 4.76.